The molecule has 0 saturated carbocycles. The first kappa shape index (κ1) is 15.5. The van der Waals surface area contributed by atoms with Crippen molar-refractivity contribution in [3.05, 3.63) is 17.8 Å². The Morgan fingerprint density at radius 1 is 1.43 bits per heavy atom. The Morgan fingerprint density at radius 3 is 2.62 bits per heavy atom. The quantitative estimate of drug-likeness (QED) is 0.920. The van der Waals surface area contributed by atoms with Crippen molar-refractivity contribution in [2.24, 2.45) is 0 Å². The highest BCUT2D eigenvalue weighted by atomic mass is 16.4. The lowest BCUT2D eigenvalue weighted by atomic mass is 9.91. The minimum Gasteiger partial charge on any atom is -0.444 e. The molecule has 1 saturated heterocycles. The van der Waals surface area contributed by atoms with Crippen molar-refractivity contribution in [2.45, 2.75) is 58.5 Å². The second-order valence-electron chi connectivity index (χ2n) is 5.57. The van der Waals surface area contributed by atoms with Crippen LogP contribution in [0, 0.1) is 6.92 Å². The molecule has 0 spiro atoms. The van der Waals surface area contributed by atoms with Gasteiger partial charge in [-0.25, -0.2) is 4.98 Å². The van der Waals surface area contributed by atoms with Gasteiger partial charge in [-0.15, -0.1) is 0 Å². The minimum absolute atomic E-state index is 0.0540. The lowest BCUT2D eigenvalue weighted by Crippen LogP contribution is -2.56. The number of nitrogens with zero attached hydrogens (tertiary/aromatic N) is 2. The van der Waals surface area contributed by atoms with Crippen LogP contribution in [0.5, 0.6) is 0 Å². The zero-order valence-corrected chi connectivity index (χ0v) is 13.1. The summed E-state index contributed by atoms with van der Waals surface area (Å²) in [6.07, 6.45) is 3.09. The van der Waals surface area contributed by atoms with Crippen LogP contribution in [0.3, 0.4) is 0 Å². The van der Waals surface area contributed by atoms with Crippen molar-refractivity contribution in [1.82, 2.24) is 15.2 Å². The number of oxazole rings is 1. The number of hydrogen-bond donors (Lipinski definition) is 1. The van der Waals surface area contributed by atoms with E-state index < -0.39 is 5.54 Å². The Morgan fingerprint density at radius 2 is 2.10 bits per heavy atom. The number of carbonyl (C=O) groups is 2. The molecule has 1 aromatic heterocycles. The summed E-state index contributed by atoms with van der Waals surface area (Å²) in [5.74, 6) is 1.09. The second-order valence-corrected chi connectivity index (χ2v) is 5.57. The van der Waals surface area contributed by atoms with Gasteiger partial charge in [0.1, 0.15) is 17.3 Å². The summed E-state index contributed by atoms with van der Waals surface area (Å²) in [6, 6.07) is -0.281. The van der Waals surface area contributed by atoms with E-state index in [9.17, 15) is 9.59 Å². The van der Waals surface area contributed by atoms with Crippen molar-refractivity contribution in [3.63, 3.8) is 0 Å². The highest BCUT2D eigenvalue weighted by Crippen LogP contribution is 2.28. The highest BCUT2D eigenvalue weighted by Gasteiger charge is 2.43. The molecular weight excluding hydrogens is 270 g/mol. The van der Waals surface area contributed by atoms with Crippen molar-refractivity contribution in [1.29, 1.82) is 0 Å². The van der Waals surface area contributed by atoms with Crippen LogP contribution < -0.4 is 5.32 Å². The van der Waals surface area contributed by atoms with E-state index in [-0.39, 0.29) is 17.9 Å². The molecule has 1 fully saturated rings. The summed E-state index contributed by atoms with van der Waals surface area (Å²) >= 11 is 0. The molecule has 1 atom stereocenters. The first-order valence-electron chi connectivity index (χ1n) is 7.48. The summed E-state index contributed by atoms with van der Waals surface area (Å²) in [6.45, 7) is 7.93. The summed E-state index contributed by atoms with van der Waals surface area (Å²) in [5.41, 5.74) is -0.816. The van der Waals surface area contributed by atoms with Gasteiger partial charge < -0.3 is 14.6 Å². The fourth-order valence-electron chi connectivity index (χ4n) is 2.78. The van der Waals surface area contributed by atoms with Gasteiger partial charge in [0.05, 0.1) is 6.20 Å². The van der Waals surface area contributed by atoms with E-state index in [4.69, 9.17) is 4.42 Å². The number of amides is 2. The molecule has 1 aliphatic heterocycles. The molecule has 1 aromatic rings. The van der Waals surface area contributed by atoms with Gasteiger partial charge >= 0.3 is 0 Å². The summed E-state index contributed by atoms with van der Waals surface area (Å²) in [7, 11) is 0. The average molecular weight is 293 g/mol. The zero-order chi connectivity index (χ0) is 15.6. The second kappa shape index (κ2) is 5.87. The third kappa shape index (κ3) is 2.80. The van der Waals surface area contributed by atoms with E-state index in [1.807, 2.05) is 27.7 Å². The average Bonchev–Trinajstić information content (AvgIpc) is 2.85. The largest absolute Gasteiger partial charge is 0.444 e. The first-order chi connectivity index (χ1) is 9.93. The molecule has 2 rings (SSSR count). The van der Waals surface area contributed by atoms with E-state index in [1.165, 1.54) is 0 Å². The maximum Gasteiger partial charge on any atom is 0.248 e. The Balaban J connectivity index is 2.33. The lowest BCUT2D eigenvalue weighted by Gasteiger charge is -2.35. The Labute approximate surface area is 124 Å². The van der Waals surface area contributed by atoms with Gasteiger partial charge in [0.25, 0.3) is 0 Å². The fourth-order valence-corrected chi connectivity index (χ4v) is 2.78. The zero-order valence-electron chi connectivity index (χ0n) is 13.1. The van der Waals surface area contributed by atoms with Gasteiger partial charge in [-0.1, -0.05) is 13.8 Å². The first-order valence-corrected chi connectivity index (χ1v) is 7.48. The summed E-state index contributed by atoms with van der Waals surface area (Å²) in [5, 5.41) is 2.90. The topological polar surface area (TPSA) is 75.4 Å². The molecule has 116 valence electrons. The lowest BCUT2D eigenvalue weighted by molar-refractivity contribution is -0.141. The maximum absolute atomic E-state index is 12.9. The van der Waals surface area contributed by atoms with E-state index in [2.05, 4.69) is 10.3 Å². The van der Waals surface area contributed by atoms with Gasteiger partial charge in [0, 0.05) is 13.0 Å². The van der Waals surface area contributed by atoms with Crippen LogP contribution in [0.1, 0.15) is 57.7 Å². The van der Waals surface area contributed by atoms with Gasteiger partial charge in [0.15, 0.2) is 0 Å². The molecule has 21 heavy (non-hydrogen) atoms. The maximum atomic E-state index is 12.9. The number of aromatic nitrogens is 1. The molecule has 0 aliphatic carbocycles. The highest BCUT2D eigenvalue weighted by molar-refractivity contribution is 5.93. The fraction of sp³-hybridized carbons (Fsp3) is 0.667. The van der Waals surface area contributed by atoms with Gasteiger partial charge in [-0.05, 0) is 26.7 Å². The predicted molar refractivity (Wildman–Crippen MR) is 77.4 cm³/mol. The van der Waals surface area contributed by atoms with Crippen LogP contribution in [0.15, 0.2) is 10.6 Å². The van der Waals surface area contributed by atoms with Gasteiger partial charge in [-0.3, -0.25) is 9.59 Å². The number of carbonyl (C=O) groups excluding carboxylic acids is 2. The monoisotopic (exact) mass is 293 g/mol. The summed E-state index contributed by atoms with van der Waals surface area (Å²) < 4.78 is 5.54. The van der Waals surface area contributed by atoms with Crippen LogP contribution in [0.4, 0.5) is 0 Å². The van der Waals surface area contributed by atoms with Crippen molar-refractivity contribution < 1.29 is 14.0 Å². The molecule has 6 heteroatoms. The van der Waals surface area contributed by atoms with E-state index in [1.54, 1.807) is 11.1 Å². The molecular formula is C15H23N3O3. The molecule has 1 N–H and O–H groups in total. The standard InChI is InChI=1S/C15H23N3O3/c1-5-15(6-2)14(20)18(8-7-12(19)17-15)11(4)13-16-9-10(3)21-13/h9,11H,5-8H2,1-4H3,(H,17,19). The van der Waals surface area contributed by atoms with Gasteiger partial charge in [0.2, 0.25) is 17.7 Å². The SMILES string of the molecule is CCC1(CC)NC(=O)CCN(C(C)c2ncc(C)o2)C1=O. The van der Waals surface area contributed by atoms with Crippen LogP contribution >= 0.6 is 0 Å². The number of nitrogens with one attached hydrogen (secondary N) is 1. The minimum atomic E-state index is -0.816. The Bertz CT molecular complexity index is 534. The normalized spacial score (nSPS) is 20.1. The molecule has 6 nitrogen and oxygen atoms in total. The molecule has 1 unspecified atom stereocenters. The molecule has 1 aliphatic rings. The molecule has 0 aromatic carbocycles. The van der Waals surface area contributed by atoms with Crippen LogP contribution in [-0.2, 0) is 9.59 Å². The van der Waals surface area contributed by atoms with Crippen molar-refractivity contribution in [3.8, 4) is 0 Å². The van der Waals surface area contributed by atoms with Crippen molar-refractivity contribution in [2.75, 3.05) is 6.54 Å². The predicted octanol–water partition coefficient (Wildman–Crippen LogP) is 1.95. The summed E-state index contributed by atoms with van der Waals surface area (Å²) in [4.78, 5) is 30.8. The van der Waals surface area contributed by atoms with E-state index >= 15 is 0 Å². The molecule has 2 amide bonds. The smallest absolute Gasteiger partial charge is 0.248 e. The molecule has 0 radical (unpaired) electrons. The number of rotatable bonds is 4. The molecule has 2 heterocycles. The molecule has 0 bridgehead atoms. The third-order valence-electron chi connectivity index (χ3n) is 4.30. The number of aryl methyl sites for hydroxylation is 1. The van der Waals surface area contributed by atoms with E-state index in [0.717, 1.165) is 0 Å². The Kier molecular flexibility index (Phi) is 4.34. The van der Waals surface area contributed by atoms with Crippen LogP contribution in [-0.4, -0.2) is 33.8 Å². The number of hydrogen-bond acceptors (Lipinski definition) is 4. The van der Waals surface area contributed by atoms with E-state index in [0.29, 0.717) is 37.5 Å². The van der Waals surface area contributed by atoms with Crippen molar-refractivity contribution >= 4 is 11.8 Å². The van der Waals surface area contributed by atoms with Gasteiger partial charge in [-0.2, -0.15) is 0 Å². The van der Waals surface area contributed by atoms with Crippen LogP contribution in [0.25, 0.3) is 0 Å². The third-order valence-corrected chi connectivity index (χ3v) is 4.30. The Hall–Kier alpha value is -1.85. The van der Waals surface area contributed by atoms with Crippen LogP contribution in [0.2, 0.25) is 0 Å².